The first-order chi connectivity index (χ1) is 13.5. The van der Waals surface area contributed by atoms with Crippen LogP contribution >= 0.6 is 0 Å². The Balaban J connectivity index is 1.28. The highest BCUT2D eigenvalue weighted by Crippen LogP contribution is 2.38. The molecule has 144 valence electrons. The fourth-order valence-electron chi connectivity index (χ4n) is 3.64. The molecular weight excluding hydrogens is 359 g/mol. The van der Waals surface area contributed by atoms with Crippen LogP contribution in [0.5, 0.6) is 5.75 Å². The van der Waals surface area contributed by atoms with Crippen molar-refractivity contribution < 1.29 is 18.4 Å². The summed E-state index contributed by atoms with van der Waals surface area (Å²) in [5, 5.41) is 7.01. The average molecular weight is 380 g/mol. The van der Waals surface area contributed by atoms with E-state index in [0.717, 1.165) is 18.4 Å². The van der Waals surface area contributed by atoms with Crippen LogP contribution in [0.4, 0.5) is 4.39 Å². The van der Waals surface area contributed by atoms with Crippen LogP contribution in [0.3, 0.4) is 0 Å². The van der Waals surface area contributed by atoms with E-state index in [0.29, 0.717) is 24.0 Å². The summed E-state index contributed by atoms with van der Waals surface area (Å²) < 4.78 is 23.8. The molecule has 4 rings (SSSR count). The van der Waals surface area contributed by atoms with Crippen LogP contribution in [0.15, 0.2) is 65.2 Å². The van der Waals surface area contributed by atoms with E-state index in [9.17, 15) is 9.18 Å². The number of carbonyl (C=O) groups is 1. The van der Waals surface area contributed by atoms with Crippen LogP contribution in [-0.4, -0.2) is 23.2 Å². The number of rotatable bonds is 6. The molecule has 1 fully saturated rings. The molecule has 1 saturated carbocycles. The molecule has 1 N–H and O–H groups in total. The highest BCUT2D eigenvalue weighted by molar-refractivity contribution is 5.93. The number of hydrogen-bond donors (Lipinski definition) is 1. The van der Waals surface area contributed by atoms with Crippen molar-refractivity contribution in [1.82, 2.24) is 10.5 Å². The van der Waals surface area contributed by atoms with Crippen molar-refractivity contribution in [1.29, 1.82) is 0 Å². The topological polar surface area (TPSA) is 64.4 Å². The molecule has 0 radical (unpaired) electrons. The second kappa shape index (κ2) is 7.46. The Morgan fingerprint density at radius 1 is 1.21 bits per heavy atom. The van der Waals surface area contributed by atoms with Crippen LogP contribution in [0.1, 0.15) is 30.3 Å². The molecule has 3 aromatic rings. The van der Waals surface area contributed by atoms with E-state index in [1.54, 1.807) is 18.2 Å². The van der Waals surface area contributed by atoms with Gasteiger partial charge < -0.3 is 14.6 Å². The first-order valence-electron chi connectivity index (χ1n) is 9.24. The molecule has 0 saturated heterocycles. The molecule has 0 bridgehead atoms. The predicted octanol–water partition coefficient (Wildman–Crippen LogP) is 4.46. The van der Waals surface area contributed by atoms with Gasteiger partial charge in [-0.2, -0.15) is 0 Å². The molecule has 5 nitrogen and oxygen atoms in total. The minimum atomic E-state index is -0.298. The highest BCUT2D eigenvalue weighted by Gasteiger charge is 2.42. The number of aromatic nitrogens is 1. The van der Waals surface area contributed by atoms with Crippen molar-refractivity contribution in [3.63, 3.8) is 0 Å². The molecule has 28 heavy (non-hydrogen) atoms. The number of amides is 1. The molecule has 1 aliphatic carbocycles. The molecule has 6 heteroatoms. The van der Waals surface area contributed by atoms with Gasteiger partial charge in [0.05, 0.1) is 6.61 Å². The summed E-state index contributed by atoms with van der Waals surface area (Å²) in [6.07, 6.45) is 1.61. The first-order valence-corrected chi connectivity index (χ1v) is 9.24. The summed E-state index contributed by atoms with van der Waals surface area (Å²) >= 11 is 0. The third-order valence-corrected chi connectivity index (χ3v) is 5.00. The highest BCUT2D eigenvalue weighted by atomic mass is 19.1. The van der Waals surface area contributed by atoms with Gasteiger partial charge in [0.1, 0.15) is 17.3 Å². The van der Waals surface area contributed by atoms with Crippen LogP contribution in [0, 0.1) is 11.7 Å². The zero-order chi connectivity index (χ0) is 19.6. The number of halogens is 1. The quantitative estimate of drug-likeness (QED) is 0.686. The number of benzene rings is 2. The maximum Gasteiger partial charge on any atom is 0.290 e. The van der Waals surface area contributed by atoms with E-state index in [2.05, 4.69) is 10.5 Å². The van der Waals surface area contributed by atoms with E-state index < -0.39 is 0 Å². The molecule has 1 aliphatic rings. The second-order valence-electron chi connectivity index (χ2n) is 7.50. The Labute approximate surface area is 162 Å². The maximum atomic E-state index is 12.9. The Morgan fingerprint density at radius 2 is 1.93 bits per heavy atom. The van der Waals surface area contributed by atoms with Crippen LogP contribution in [-0.2, 0) is 0 Å². The lowest BCUT2D eigenvalue weighted by molar-refractivity contribution is 0.0578. The van der Waals surface area contributed by atoms with Gasteiger partial charge in [0, 0.05) is 17.2 Å². The van der Waals surface area contributed by atoms with Gasteiger partial charge in [0.2, 0.25) is 5.76 Å². The smallest absolute Gasteiger partial charge is 0.290 e. The summed E-state index contributed by atoms with van der Waals surface area (Å²) in [5.74, 6) is 0.634. The summed E-state index contributed by atoms with van der Waals surface area (Å²) in [5.41, 5.74) is 1.24. The first kappa shape index (κ1) is 18.2. The number of ether oxygens (including phenoxy) is 1. The summed E-state index contributed by atoms with van der Waals surface area (Å²) in [7, 11) is 0. The van der Waals surface area contributed by atoms with Crippen molar-refractivity contribution in [3.05, 3.63) is 72.2 Å². The Bertz CT molecular complexity index is 947. The number of hydrogen-bond acceptors (Lipinski definition) is 4. The van der Waals surface area contributed by atoms with Crippen molar-refractivity contribution in [3.8, 4) is 17.0 Å². The monoisotopic (exact) mass is 380 g/mol. The molecule has 1 heterocycles. The Kier molecular flexibility index (Phi) is 4.86. The zero-order valence-corrected chi connectivity index (χ0v) is 15.5. The van der Waals surface area contributed by atoms with E-state index >= 15 is 0 Å². The fraction of sp³-hybridized carbons (Fsp3) is 0.273. The van der Waals surface area contributed by atoms with Gasteiger partial charge in [-0.15, -0.1) is 0 Å². The van der Waals surface area contributed by atoms with Crippen LogP contribution in [0.2, 0.25) is 0 Å². The standard InChI is InChI=1S/C22H21FN2O3/c1-22(12-15(13-22)14-27-18-9-7-17(23)8-10-18)24-21(26)20-11-19(25-28-20)16-5-3-2-4-6-16/h2-11,15H,12-14H2,1H3,(H,24,26)/t15-,22+. The minimum absolute atomic E-state index is 0.200. The van der Waals surface area contributed by atoms with Gasteiger partial charge in [-0.05, 0) is 49.9 Å². The van der Waals surface area contributed by atoms with Crippen molar-refractivity contribution in [2.75, 3.05) is 6.61 Å². The maximum absolute atomic E-state index is 12.9. The molecule has 1 amide bonds. The molecule has 0 aliphatic heterocycles. The summed E-state index contributed by atoms with van der Waals surface area (Å²) in [6.45, 7) is 2.55. The lowest BCUT2D eigenvalue weighted by atomic mass is 9.70. The van der Waals surface area contributed by atoms with Gasteiger partial charge in [-0.3, -0.25) is 4.79 Å². The number of nitrogens with one attached hydrogen (secondary N) is 1. The molecule has 0 spiro atoms. The summed E-state index contributed by atoms with van der Waals surface area (Å²) in [4.78, 5) is 12.5. The summed E-state index contributed by atoms with van der Waals surface area (Å²) in [6, 6.07) is 17.2. The third kappa shape index (κ3) is 4.06. The SMILES string of the molecule is C[C@]1(NC(=O)c2cc(-c3ccccc3)no2)C[C@@H](COc2ccc(F)cc2)C1. The Hall–Kier alpha value is -3.15. The van der Waals surface area contributed by atoms with Crippen LogP contribution < -0.4 is 10.1 Å². The van der Waals surface area contributed by atoms with E-state index in [-0.39, 0.29) is 23.0 Å². The molecular formula is C22H21FN2O3. The number of nitrogens with zero attached hydrogens (tertiary/aromatic N) is 1. The number of carbonyl (C=O) groups excluding carboxylic acids is 1. The molecule has 0 atom stereocenters. The van der Waals surface area contributed by atoms with E-state index in [4.69, 9.17) is 9.26 Å². The average Bonchev–Trinajstić information content (AvgIpc) is 3.17. The van der Waals surface area contributed by atoms with Crippen molar-refractivity contribution in [2.24, 2.45) is 5.92 Å². The second-order valence-corrected chi connectivity index (χ2v) is 7.50. The van der Waals surface area contributed by atoms with E-state index in [1.165, 1.54) is 12.1 Å². The van der Waals surface area contributed by atoms with Crippen molar-refractivity contribution in [2.45, 2.75) is 25.3 Å². The van der Waals surface area contributed by atoms with Gasteiger partial charge in [-0.25, -0.2) is 4.39 Å². The van der Waals surface area contributed by atoms with Gasteiger partial charge in [0.25, 0.3) is 5.91 Å². The van der Waals surface area contributed by atoms with Gasteiger partial charge >= 0.3 is 0 Å². The van der Waals surface area contributed by atoms with Crippen LogP contribution in [0.25, 0.3) is 11.3 Å². The lowest BCUT2D eigenvalue weighted by Crippen LogP contribution is -2.56. The fourth-order valence-corrected chi connectivity index (χ4v) is 3.64. The zero-order valence-electron chi connectivity index (χ0n) is 15.5. The Morgan fingerprint density at radius 3 is 2.64 bits per heavy atom. The van der Waals surface area contributed by atoms with Gasteiger partial charge in [-0.1, -0.05) is 35.5 Å². The normalized spacial score (nSPS) is 21.0. The largest absolute Gasteiger partial charge is 0.493 e. The third-order valence-electron chi connectivity index (χ3n) is 5.00. The minimum Gasteiger partial charge on any atom is -0.493 e. The lowest BCUT2D eigenvalue weighted by Gasteiger charge is -2.45. The van der Waals surface area contributed by atoms with Crippen molar-refractivity contribution >= 4 is 5.91 Å². The molecule has 2 aromatic carbocycles. The van der Waals surface area contributed by atoms with E-state index in [1.807, 2.05) is 37.3 Å². The predicted molar refractivity (Wildman–Crippen MR) is 102 cm³/mol. The molecule has 0 unspecified atom stereocenters. The van der Waals surface area contributed by atoms with Gasteiger partial charge in [0.15, 0.2) is 0 Å². The molecule has 1 aromatic heterocycles.